The van der Waals surface area contributed by atoms with E-state index in [0.717, 1.165) is 12.8 Å². The molecule has 1 aliphatic rings. The van der Waals surface area contributed by atoms with Crippen molar-refractivity contribution in [1.82, 2.24) is 10.3 Å². The molecule has 1 aliphatic carbocycles. The van der Waals surface area contributed by atoms with Crippen LogP contribution in [0.4, 0.5) is 21.0 Å². The summed E-state index contributed by atoms with van der Waals surface area (Å²) in [4.78, 5) is 29.8. The van der Waals surface area contributed by atoms with E-state index in [0.29, 0.717) is 11.4 Å². The lowest BCUT2D eigenvalue weighted by molar-refractivity contribution is 0.207. The summed E-state index contributed by atoms with van der Waals surface area (Å²) >= 11 is 4.20. The first-order valence-corrected chi connectivity index (χ1v) is 8.56. The number of hydrogen-bond donors (Lipinski definition) is 2. The minimum absolute atomic E-state index is 0.136. The molecule has 0 bridgehead atoms. The predicted octanol–water partition coefficient (Wildman–Crippen LogP) is 3.63. The van der Waals surface area contributed by atoms with Crippen molar-refractivity contribution in [3.8, 4) is 5.88 Å². The third kappa shape index (κ3) is 4.26. The van der Waals surface area contributed by atoms with Crippen molar-refractivity contribution in [3.05, 3.63) is 48.7 Å². The van der Waals surface area contributed by atoms with Crippen LogP contribution < -0.4 is 19.3 Å². The summed E-state index contributed by atoms with van der Waals surface area (Å²) < 4.78 is 6.43. The Morgan fingerprint density at radius 3 is 2.42 bits per heavy atom. The van der Waals surface area contributed by atoms with Gasteiger partial charge in [-0.3, -0.25) is 4.90 Å². The summed E-state index contributed by atoms with van der Waals surface area (Å²) in [7, 11) is 1.62. The number of hydrogen-bond acceptors (Lipinski definition) is 5. The SMILES string of the molecule is CN(C(=O)Oc1ccc(N(S)C(=O)NC2(C)CC2)cn1)c1ccccc1. The van der Waals surface area contributed by atoms with E-state index in [2.05, 4.69) is 23.1 Å². The van der Waals surface area contributed by atoms with Gasteiger partial charge >= 0.3 is 12.1 Å². The van der Waals surface area contributed by atoms with Gasteiger partial charge < -0.3 is 10.1 Å². The average molecular weight is 372 g/mol. The molecule has 0 spiro atoms. The summed E-state index contributed by atoms with van der Waals surface area (Å²) in [6.07, 6.45) is 2.79. The van der Waals surface area contributed by atoms with Gasteiger partial charge in [0.15, 0.2) is 0 Å². The van der Waals surface area contributed by atoms with Crippen LogP contribution in [0.5, 0.6) is 5.88 Å². The van der Waals surface area contributed by atoms with E-state index in [4.69, 9.17) is 4.74 Å². The maximum atomic E-state index is 12.2. The molecule has 1 heterocycles. The molecular formula is C18H20N4O3S. The summed E-state index contributed by atoms with van der Waals surface area (Å²) in [5.74, 6) is 0.137. The number of carbonyl (C=O) groups is 2. The van der Waals surface area contributed by atoms with Crippen molar-refractivity contribution in [2.24, 2.45) is 0 Å². The van der Waals surface area contributed by atoms with Gasteiger partial charge in [0.25, 0.3) is 0 Å². The Labute approximate surface area is 157 Å². The summed E-state index contributed by atoms with van der Waals surface area (Å²) in [6.45, 7) is 1.98. The molecule has 8 heteroatoms. The lowest BCUT2D eigenvalue weighted by Crippen LogP contribution is -2.41. The molecule has 0 saturated heterocycles. The van der Waals surface area contributed by atoms with Gasteiger partial charge in [-0.05, 0) is 38.0 Å². The van der Waals surface area contributed by atoms with Crippen LogP contribution in [0.1, 0.15) is 19.8 Å². The van der Waals surface area contributed by atoms with Crippen LogP contribution in [0.3, 0.4) is 0 Å². The third-order valence-corrected chi connectivity index (χ3v) is 4.59. The first-order valence-electron chi connectivity index (χ1n) is 8.16. The van der Waals surface area contributed by atoms with Gasteiger partial charge in [0.05, 0.1) is 11.9 Å². The van der Waals surface area contributed by atoms with Crippen LogP contribution in [0.25, 0.3) is 0 Å². The van der Waals surface area contributed by atoms with Crippen molar-refractivity contribution >= 4 is 36.3 Å². The van der Waals surface area contributed by atoms with Crippen LogP contribution in [-0.4, -0.2) is 29.7 Å². The summed E-state index contributed by atoms with van der Waals surface area (Å²) in [5, 5.41) is 2.90. The topological polar surface area (TPSA) is 74.8 Å². The van der Waals surface area contributed by atoms with Gasteiger partial charge in [-0.15, -0.1) is 0 Å². The Morgan fingerprint density at radius 1 is 1.15 bits per heavy atom. The van der Waals surface area contributed by atoms with Gasteiger partial charge in [0.2, 0.25) is 5.88 Å². The fraction of sp³-hybridized carbons (Fsp3) is 0.278. The van der Waals surface area contributed by atoms with E-state index in [1.807, 2.05) is 25.1 Å². The first-order chi connectivity index (χ1) is 12.4. The quantitative estimate of drug-likeness (QED) is 0.804. The Bertz CT molecular complexity index is 794. The minimum atomic E-state index is -0.557. The molecule has 0 unspecified atom stereocenters. The third-order valence-electron chi connectivity index (χ3n) is 4.18. The van der Waals surface area contributed by atoms with E-state index in [-0.39, 0.29) is 17.5 Å². The number of nitrogens with zero attached hydrogens (tertiary/aromatic N) is 3. The van der Waals surface area contributed by atoms with Crippen LogP contribution in [0, 0.1) is 0 Å². The Kier molecular flexibility index (Phi) is 5.03. The standard InChI is InChI=1S/C18H20N4O3S/c1-18(10-11-18)20-16(23)22(26)14-8-9-15(19-12-14)25-17(24)21(2)13-6-4-3-5-7-13/h3-9,12,26H,10-11H2,1-2H3,(H,20,23). The molecular weight excluding hydrogens is 352 g/mol. The highest BCUT2D eigenvalue weighted by Gasteiger charge is 2.39. The molecule has 1 saturated carbocycles. The Morgan fingerprint density at radius 2 is 1.85 bits per heavy atom. The summed E-state index contributed by atoms with van der Waals surface area (Å²) in [5.41, 5.74) is 1.05. The second-order valence-electron chi connectivity index (χ2n) is 6.42. The second kappa shape index (κ2) is 7.25. The van der Waals surface area contributed by atoms with Crippen LogP contribution in [0.2, 0.25) is 0 Å². The highest BCUT2D eigenvalue weighted by atomic mass is 32.1. The van der Waals surface area contributed by atoms with Gasteiger partial charge in [-0.2, -0.15) is 0 Å². The lowest BCUT2D eigenvalue weighted by atomic mass is 10.3. The number of rotatable bonds is 4. The number of thiol groups is 1. The van der Waals surface area contributed by atoms with Crippen molar-refractivity contribution in [2.75, 3.05) is 16.3 Å². The van der Waals surface area contributed by atoms with E-state index >= 15 is 0 Å². The minimum Gasteiger partial charge on any atom is -0.391 e. The van der Waals surface area contributed by atoms with E-state index in [1.54, 1.807) is 25.2 Å². The fourth-order valence-corrected chi connectivity index (χ4v) is 2.38. The molecule has 2 aromatic rings. The lowest BCUT2D eigenvalue weighted by Gasteiger charge is -2.20. The number of carbonyl (C=O) groups excluding carboxylic acids is 2. The molecule has 7 nitrogen and oxygen atoms in total. The zero-order valence-corrected chi connectivity index (χ0v) is 15.4. The molecule has 3 amide bonds. The molecule has 1 aromatic heterocycles. The molecule has 1 fully saturated rings. The number of aromatic nitrogens is 1. The Balaban J connectivity index is 1.60. The van der Waals surface area contributed by atoms with Gasteiger partial charge in [0, 0.05) is 24.3 Å². The van der Waals surface area contributed by atoms with Crippen LogP contribution >= 0.6 is 12.8 Å². The fourth-order valence-electron chi connectivity index (χ4n) is 2.21. The number of amides is 3. The van der Waals surface area contributed by atoms with E-state index in [9.17, 15) is 9.59 Å². The van der Waals surface area contributed by atoms with Gasteiger partial charge in [0.1, 0.15) is 0 Å². The predicted molar refractivity (Wildman–Crippen MR) is 103 cm³/mol. The van der Waals surface area contributed by atoms with Gasteiger partial charge in [-0.25, -0.2) is 18.9 Å². The molecule has 0 atom stereocenters. The van der Waals surface area contributed by atoms with E-state index in [1.165, 1.54) is 21.5 Å². The molecule has 1 N–H and O–H groups in total. The smallest absolute Gasteiger partial charge is 0.391 e. The van der Waals surface area contributed by atoms with Crippen molar-refractivity contribution < 1.29 is 14.3 Å². The zero-order valence-electron chi connectivity index (χ0n) is 14.5. The maximum absolute atomic E-state index is 12.2. The molecule has 0 aliphatic heterocycles. The number of ether oxygens (including phenoxy) is 1. The number of anilines is 2. The highest BCUT2D eigenvalue weighted by molar-refractivity contribution is 7.82. The zero-order chi connectivity index (χ0) is 18.7. The molecule has 136 valence electrons. The van der Waals surface area contributed by atoms with Crippen molar-refractivity contribution in [3.63, 3.8) is 0 Å². The summed E-state index contributed by atoms with van der Waals surface area (Å²) in [6, 6.07) is 11.9. The van der Waals surface area contributed by atoms with Gasteiger partial charge in [-0.1, -0.05) is 31.0 Å². The largest absolute Gasteiger partial charge is 0.420 e. The molecule has 1 aromatic carbocycles. The van der Waals surface area contributed by atoms with Crippen molar-refractivity contribution in [1.29, 1.82) is 0 Å². The first kappa shape index (κ1) is 18.1. The maximum Gasteiger partial charge on any atom is 0.420 e. The van der Waals surface area contributed by atoms with E-state index < -0.39 is 6.09 Å². The second-order valence-corrected chi connectivity index (χ2v) is 6.82. The van der Waals surface area contributed by atoms with Crippen LogP contribution in [-0.2, 0) is 0 Å². The number of urea groups is 1. The number of benzene rings is 1. The average Bonchev–Trinajstić information content (AvgIpc) is 3.38. The number of pyridine rings is 1. The number of nitrogens with one attached hydrogen (secondary N) is 1. The monoisotopic (exact) mass is 372 g/mol. The van der Waals surface area contributed by atoms with Crippen LogP contribution in [0.15, 0.2) is 48.7 Å². The van der Waals surface area contributed by atoms with Crippen molar-refractivity contribution in [2.45, 2.75) is 25.3 Å². The number of para-hydroxylation sites is 1. The highest BCUT2D eigenvalue weighted by Crippen LogP contribution is 2.34. The molecule has 0 radical (unpaired) electrons. The molecule has 3 rings (SSSR count). The normalized spacial score (nSPS) is 14.3. The Hall–Kier alpha value is -2.74. The molecule has 26 heavy (non-hydrogen) atoms.